The van der Waals surface area contributed by atoms with Crippen molar-refractivity contribution in [3.05, 3.63) is 28.8 Å². The molecule has 0 aliphatic heterocycles. The van der Waals surface area contributed by atoms with Crippen LogP contribution in [0.2, 0.25) is 0 Å². The molecule has 3 heteroatoms. The van der Waals surface area contributed by atoms with E-state index in [0.717, 1.165) is 12.2 Å². The van der Waals surface area contributed by atoms with Crippen LogP contribution < -0.4 is 15.8 Å². The lowest BCUT2D eigenvalue weighted by molar-refractivity contribution is 0.382. The molecular formula is C15H26N2O. The van der Waals surface area contributed by atoms with Gasteiger partial charge in [-0.1, -0.05) is 24.6 Å². The number of ether oxygens (including phenoxy) is 1. The van der Waals surface area contributed by atoms with Gasteiger partial charge in [-0.05, 0) is 45.3 Å². The molecule has 0 aliphatic carbocycles. The molecule has 1 aromatic rings. The molecule has 2 atom stereocenters. The number of methoxy groups -OCH3 is 1. The maximum atomic E-state index is 5.72. The Morgan fingerprint density at radius 3 is 2.50 bits per heavy atom. The van der Waals surface area contributed by atoms with Crippen molar-refractivity contribution in [3.8, 4) is 5.75 Å². The smallest absolute Gasteiger partial charge is 0.126 e. The van der Waals surface area contributed by atoms with Crippen LogP contribution in [0.15, 0.2) is 12.1 Å². The topological polar surface area (TPSA) is 47.3 Å². The molecule has 3 N–H and O–H groups in total. The molecule has 102 valence electrons. The Labute approximate surface area is 111 Å². The fourth-order valence-electron chi connectivity index (χ4n) is 2.42. The summed E-state index contributed by atoms with van der Waals surface area (Å²) >= 11 is 0. The average Bonchev–Trinajstić information content (AvgIpc) is 2.34. The van der Waals surface area contributed by atoms with Crippen LogP contribution in [0, 0.1) is 19.8 Å². The first-order valence-electron chi connectivity index (χ1n) is 6.55. The molecule has 2 unspecified atom stereocenters. The highest BCUT2D eigenvalue weighted by atomic mass is 16.5. The van der Waals surface area contributed by atoms with Crippen LogP contribution in [0.4, 0.5) is 0 Å². The fourth-order valence-corrected chi connectivity index (χ4v) is 2.42. The van der Waals surface area contributed by atoms with E-state index in [9.17, 15) is 0 Å². The van der Waals surface area contributed by atoms with E-state index >= 15 is 0 Å². The zero-order valence-corrected chi connectivity index (χ0v) is 12.2. The highest BCUT2D eigenvalue weighted by molar-refractivity contribution is 5.45. The van der Waals surface area contributed by atoms with Gasteiger partial charge in [-0.2, -0.15) is 0 Å². The van der Waals surface area contributed by atoms with Gasteiger partial charge in [0.25, 0.3) is 0 Å². The predicted octanol–water partition coefficient (Wildman–Crippen LogP) is 2.56. The lowest BCUT2D eigenvalue weighted by Gasteiger charge is -2.23. The summed E-state index contributed by atoms with van der Waals surface area (Å²) in [5.74, 6) is 1.48. The molecule has 0 fully saturated rings. The summed E-state index contributed by atoms with van der Waals surface area (Å²) in [6.45, 7) is 7.11. The van der Waals surface area contributed by atoms with E-state index in [1.54, 1.807) is 7.11 Å². The number of hydrogen-bond acceptors (Lipinski definition) is 3. The summed E-state index contributed by atoms with van der Waals surface area (Å²) in [5, 5.41) is 3.38. The minimum Gasteiger partial charge on any atom is -0.496 e. The minimum atomic E-state index is 0.289. The first-order valence-corrected chi connectivity index (χ1v) is 6.55. The normalized spacial score (nSPS) is 14.3. The first-order chi connectivity index (χ1) is 8.53. The van der Waals surface area contributed by atoms with Gasteiger partial charge >= 0.3 is 0 Å². The Morgan fingerprint density at radius 1 is 1.33 bits per heavy atom. The zero-order chi connectivity index (χ0) is 13.7. The Balaban J connectivity index is 3.11. The molecule has 0 heterocycles. The maximum Gasteiger partial charge on any atom is 0.126 e. The summed E-state index contributed by atoms with van der Waals surface area (Å²) in [5.41, 5.74) is 9.41. The van der Waals surface area contributed by atoms with Crippen molar-refractivity contribution in [2.24, 2.45) is 11.7 Å². The summed E-state index contributed by atoms with van der Waals surface area (Å²) < 4.78 is 5.56. The summed E-state index contributed by atoms with van der Waals surface area (Å²) in [6, 6.07) is 4.65. The SMILES string of the molecule is CNC(CC(C)CN)c1cc(C)cc(C)c1OC. The van der Waals surface area contributed by atoms with Gasteiger partial charge in [0.05, 0.1) is 7.11 Å². The van der Waals surface area contributed by atoms with Crippen molar-refractivity contribution in [1.82, 2.24) is 5.32 Å². The molecule has 0 aliphatic rings. The van der Waals surface area contributed by atoms with Crippen molar-refractivity contribution < 1.29 is 4.74 Å². The van der Waals surface area contributed by atoms with Crippen molar-refractivity contribution in [2.45, 2.75) is 33.2 Å². The Morgan fingerprint density at radius 2 is 2.00 bits per heavy atom. The van der Waals surface area contributed by atoms with E-state index in [1.807, 2.05) is 7.05 Å². The van der Waals surface area contributed by atoms with E-state index in [2.05, 4.69) is 38.2 Å². The van der Waals surface area contributed by atoms with Gasteiger partial charge in [0.15, 0.2) is 0 Å². The number of rotatable bonds is 6. The molecule has 0 radical (unpaired) electrons. The standard InChI is InChI=1S/C15H26N2O/c1-10-6-12(3)15(18-5)13(7-10)14(17-4)8-11(2)9-16/h6-7,11,14,17H,8-9,16H2,1-5H3. The zero-order valence-electron chi connectivity index (χ0n) is 12.2. The lowest BCUT2D eigenvalue weighted by Crippen LogP contribution is -2.23. The summed E-state index contributed by atoms with van der Waals surface area (Å²) in [6.07, 6.45) is 1.02. The number of aryl methyl sites for hydroxylation is 2. The number of nitrogens with two attached hydrogens (primary N) is 1. The quantitative estimate of drug-likeness (QED) is 0.815. The largest absolute Gasteiger partial charge is 0.496 e. The lowest BCUT2D eigenvalue weighted by atomic mass is 9.93. The number of nitrogens with one attached hydrogen (secondary N) is 1. The Kier molecular flexibility index (Phi) is 5.63. The second-order valence-corrected chi connectivity index (χ2v) is 5.12. The van der Waals surface area contributed by atoms with Gasteiger partial charge in [0.1, 0.15) is 5.75 Å². The second-order valence-electron chi connectivity index (χ2n) is 5.12. The number of benzene rings is 1. The molecule has 18 heavy (non-hydrogen) atoms. The van der Waals surface area contributed by atoms with Gasteiger partial charge in [-0.25, -0.2) is 0 Å². The van der Waals surface area contributed by atoms with E-state index in [-0.39, 0.29) is 6.04 Å². The molecule has 1 rings (SSSR count). The molecule has 0 spiro atoms. The third-order valence-corrected chi connectivity index (χ3v) is 3.42. The molecule has 0 saturated carbocycles. The molecule has 3 nitrogen and oxygen atoms in total. The van der Waals surface area contributed by atoms with E-state index < -0.39 is 0 Å². The highest BCUT2D eigenvalue weighted by Crippen LogP contribution is 2.32. The molecular weight excluding hydrogens is 224 g/mol. The van der Waals surface area contributed by atoms with Crippen molar-refractivity contribution in [2.75, 3.05) is 20.7 Å². The van der Waals surface area contributed by atoms with Gasteiger partial charge in [-0.3, -0.25) is 0 Å². The Bertz CT molecular complexity index is 390. The van der Waals surface area contributed by atoms with Crippen LogP contribution in [-0.4, -0.2) is 20.7 Å². The van der Waals surface area contributed by atoms with E-state index in [1.165, 1.54) is 16.7 Å². The third-order valence-electron chi connectivity index (χ3n) is 3.42. The molecule has 0 amide bonds. The van der Waals surface area contributed by atoms with Crippen LogP contribution in [0.3, 0.4) is 0 Å². The third kappa shape index (κ3) is 3.47. The van der Waals surface area contributed by atoms with Crippen molar-refractivity contribution >= 4 is 0 Å². The van der Waals surface area contributed by atoms with Crippen LogP contribution in [0.25, 0.3) is 0 Å². The summed E-state index contributed by atoms with van der Waals surface area (Å²) in [7, 11) is 3.73. The molecule has 0 saturated heterocycles. The van der Waals surface area contributed by atoms with Crippen LogP contribution in [0.5, 0.6) is 5.75 Å². The minimum absolute atomic E-state index is 0.289. The van der Waals surface area contributed by atoms with Crippen LogP contribution in [0.1, 0.15) is 36.1 Å². The highest BCUT2D eigenvalue weighted by Gasteiger charge is 2.18. The van der Waals surface area contributed by atoms with Gasteiger partial charge in [-0.15, -0.1) is 0 Å². The Hall–Kier alpha value is -1.06. The molecule has 0 aromatic heterocycles. The fraction of sp³-hybridized carbons (Fsp3) is 0.600. The maximum absolute atomic E-state index is 5.72. The molecule has 0 bridgehead atoms. The average molecular weight is 250 g/mol. The molecule has 1 aromatic carbocycles. The van der Waals surface area contributed by atoms with Crippen molar-refractivity contribution in [3.63, 3.8) is 0 Å². The van der Waals surface area contributed by atoms with Crippen molar-refractivity contribution in [1.29, 1.82) is 0 Å². The van der Waals surface area contributed by atoms with Crippen LogP contribution >= 0.6 is 0 Å². The van der Waals surface area contributed by atoms with Gasteiger partial charge in [0.2, 0.25) is 0 Å². The monoisotopic (exact) mass is 250 g/mol. The number of hydrogen-bond donors (Lipinski definition) is 2. The van der Waals surface area contributed by atoms with E-state index in [0.29, 0.717) is 12.5 Å². The van der Waals surface area contributed by atoms with Gasteiger partial charge < -0.3 is 15.8 Å². The van der Waals surface area contributed by atoms with E-state index in [4.69, 9.17) is 10.5 Å². The predicted molar refractivity (Wildman–Crippen MR) is 77.1 cm³/mol. The van der Waals surface area contributed by atoms with Crippen LogP contribution in [-0.2, 0) is 0 Å². The van der Waals surface area contributed by atoms with Gasteiger partial charge in [0, 0.05) is 11.6 Å². The second kappa shape index (κ2) is 6.76. The summed E-state index contributed by atoms with van der Waals surface area (Å²) in [4.78, 5) is 0. The first kappa shape index (κ1) is 15.0.